The summed E-state index contributed by atoms with van der Waals surface area (Å²) in [5.41, 5.74) is 1.11. The normalized spacial score (nSPS) is 15.2. The Hall–Kier alpha value is -2.93. The van der Waals surface area contributed by atoms with Crippen LogP contribution in [0.3, 0.4) is 0 Å². The lowest BCUT2D eigenvalue weighted by Crippen LogP contribution is -2.27. The number of carbonyl (C=O) groups excluding carboxylic acids is 1. The minimum atomic E-state index is -3.53. The molecule has 0 spiro atoms. The molecule has 7 nitrogen and oxygen atoms in total. The minimum absolute atomic E-state index is 0.182. The molecule has 3 aromatic rings. The first-order valence-corrected chi connectivity index (χ1v) is 12.6. The zero-order chi connectivity index (χ0) is 22.7. The highest BCUT2D eigenvalue weighted by Gasteiger charge is 2.27. The van der Waals surface area contributed by atoms with Gasteiger partial charge in [0.1, 0.15) is 11.3 Å². The molecule has 1 fully saturated rings. The SMILES string of the molecule is C#CCn1c(=NC(=O)c2ccc(S(=O)(=O)N3CCCC3)cc2)sc2cccc(OCC)c21. The second kappa shape index (κ2) is 9.28. The molecule has 2 aromatic carbocycles. The van der Waals surface area contributed by atoms with E-state index in [4.69, 9.17) is 11.2 Å². The molecule has 9 heteroatoms. The second-order valence-corrected chi connectivity index (χ2v) is 10.2. The standard InChI is InChI=1S/C23H23N3O4S2/c1-3-14-26-21-19(30-4-2)8-7-9-20(21)31-23(26)24-22(27)17-10-12-18(13-11-17)32(28,29)25-15-5-6-16-25/h1,7-13H,4-6,14-16H2,2H3. The highest BCUT2D eigenvalue weighted by molar-refractivity contribution is 7.89. The average molecular weight is 470 g/mol. The van der Waals surface area contributed by atoms with Gasteiger partial charge in [0.25, 0.3) is 5.91 Å². The van der Waals surface area contributed by atoms with Crippen molar-refractivity contribution in [3.8, 4) is 18.1 Å². The van der Waals surface area contributed by atoms with Crippen LogP contribution in [0.1, 0.15) is 30.1 Å². The molecule has 0 N–H and O–H groups in total. The second-order valence-electron chi connectivity index (χ2n) is 7.26. The number of aromatic nitrogens is 1. The van der Waals surface area contributed by atoms with Crippen molar-refractivity contribution in [2.75, 3.05) is 19.7 Å². The molecule has 1 aliphatic rings. The predicted molar refractivity (Wildman–Crippen MR) is 124 cm³/mol. The van der Waals surface area contributed by atoms with E-state index in [0.717, 1.165) is 23.1 Å². The van der Waals surface area contributed by atoms with Gasteiger partial charge in [0.05, 0.1) is 22.7 Å². The van der Waals surface area contributed by atoms with Gasteiger partial charge in [-0.15, -0.1) is 6.42 Å². The predicted octanol–water partition coefficient (Wildman–Crippen LogP) is 3.26. The topological polar surface area (TPSA) is 81.0 Å². The summed E-state index contributed by atoms with van der Waals surface area (Å²) in [4.78, 5) is 17.8. The van der Waals surface area contributed by atoms with Gasteiger partial charge in [-0.1, -0.05) is 23.3 Å². The van der Waals surface area contributed by atoms with Crippen molar-refractivity contribution in [3.63, 3.8) is 0 Å². The Morgan fingerprint density at radius 1 is 1.19 bits per heavy atom. The summed E-state index contributed by atoms with van der Waals surface area (Å²) in [6, 6.07) is 11.6. The van der Waals surface area contributed by atoms with Gasteiger partial charge in [0.2, 0.25) is 10.0 Å². The van der Waals surface area contributed by atoms with Gasteiger partial charge in [0, 0.05) is 18.7 Å². The van der Waals surface area contributed by atoms with Crippen LogP contribution < -0.4 is 9.54 Å². The summed E-state index contributed by atoms with van der Waals surface area (Å²) in [7, 11) is -3.53. The fourth-order valence-electron chi connectivity index (χ4n) is 3.69. The van der Waals surface area contributed by atoms with Crippen molar-refractivity contribution in [1.82, 2.24) is 8.87 Å². The Morgan fingerprint density at radius 3 is 2.56 bits per heavy atom. The van der Waals surface area contributed by atoms with Crippen molar-refractivity contribution < 1.29 is 17.9 Å². The summed E-state index contributed by atoms with van der Waals surface area (Å²) < 4.78 is 35.3. The number of amides is 1. The monoisotopic (exact) mass is 469 g/mol. The smallest absolute Gasteiger partial charge is 0.279 e. The number of rotatable bonds is 6. The molecular weight excluding hydrogens is 446 g/mol. The maximum atomic E-state index is 12.9. The Labute approximate surface area is 191 Å². The Bertz CT molecular complexity index is 1360. The van der Waals surface area contributed by atoms with Crippen molar-refractivity contribution in [3.05, 3.63) is 52.8 Å². The zero-order valence-electron chi connectivity index (χ0n) is 17.7. The number of sulfonamides is 1. The molecule has 2 heterocycles. The van der Waals surface area contributed by atoms with Gasteiger partial charge in [-0.2, -0.15) is 9.30 Å². The van der Waals surface area contributed by atoms with Crippen LogP contribution in [0.4, 0.5) is 0 Å². The first-order chi connectivity index (χ1) is 15.5. The van der Waals surface area contributed by atoms with Crippen LogP contribution in [0.2, 0.25) is 0 Å². The van der Waals surface area contributed by atoms with Gasteiger partial charge < -0.3 is 9.30 Å². The van der Waals surface area contributed by atoms with Gasteiger partial charge in [-0.3, -0.25) is 4.79 Å². The lowest BCUT2D eigenvalue weighted by Gasteiger charge is -2.15. The molecular formula is C23H23N3O4S2. The quantitative estimate of drug-likeness (QED) is 0.519. The molecule has 0 unspecified atom stereocenters. The van der Waals surface area contributed by atoms with E-state index in [1.807, 2.05) is 25.1 Å². The molecule has 1 aromatic heterocycles. The molecule has 1 aliphatic heterocycles. The molecule has 1 amide bonds. The van der Waals surface area contributed by atoms with E-state index >= 15 is 0 Å². The number of hydrogen-bond donors (Lipinski definition) is 0. The third kappa shape index (κ3) is 4.21. The number of ether oxygens (including phenoxy) is 1. The highest BCUT2D eigenvalue weighted by atomic mass is 32.2. The lowest BCUT2D eigenvalue weighted by atomic mass is 10.2. The Morgan fingerprint density at radius 2 is 1.91 bits per heavy atom. The fourth-order valence-corrected chi connectivity index (χ4v) is 6.25. The molecule has 0 bridgehead atoms. The summed E-state index contributed by atoms with van der Waals surface area (Å²) in [6.45, 7) is 3.71. The fraction of sp³-hybridized carbons (Fsp3) is 0.304. The number of benzene rings is 2. The largest absolute Gasteiger partial charge is 0.492 e. The first-order valence-electron chi connectivity index (χ1n) is 10.3. The Kier molecular flexibility index (Phi) is 6.46. The Balaban J connectivity index is 1.70. The molecule has 0 atom stereocenters. The van der Waals surface area contributed by atoms with Gasteiger partial charge in [-0.05, 0) is 56.2 Å². The number of para-hydroxylation sites is 1. The molecule has 0 saturated carbocycles. The maximum absolute atomic E-state index is 12.9. The highest BCUT2D eigenvalue weighted by Crippen LogP contribution is 2.27. The third-order valence-corrected chi connectivity index (χ3v) is 8.17. The zero-order valence-corrected chi connectivity index (χ0v) is 19.3. The van der Waals surface area contributed by atoms with Crippen LogP contribution >= 0.6 is 11.3 Å². The number of nitrogens with zero attached hydrogens (tertiary/aromatic N) is 3. The average Bonchev–Trinajstić information content (AvgIpc) is 3.44. The van der Waals surface area contributed by atoms with Crippen LogP contribution in [0, 0.1) is 12.3 Å². The maximum Gasteiger partial charge on any atom is 0.279 e. The van der Waals surface area contributed by atoms with Crippen LogP contribution in [-0.2, 0) is 16.6 Å². The molecule has 4 rings (SSSR count). The summed E-state index contributed by atoms with van der Waals surface area (Å²) in [6.07, 6.45) is 7.30. The van der Waals surface area contributed by atoms with Crippen LogP contribution in [0.25, 0.3) is 10.2 Å². The minimum Gasteiger partial charge on any atom is -0.492 e. The van der Waals surface area contributed by atoms with E-state index in [9.17, 15) is 13.2 Å². The number of carbonyl (C=O) groups is 1. The van der Waals surface area contributed by atoms with E-state index in [1.54, 1.807) is 4.57 Å². The number of thiazole rings is 1. The summed E-state index contributed by atoms with van der Waals surface area (Å²) >= 11 is 1.35. The molecule has 32 heavy (non-hydrogen) atoms. The number of hydrogen-bond acceptors (Lipinski definition) is 5. The first kappa shape index (κ1) is 22.3. The van der Waals surface area contributed by atoms with Crippen molar-refractivity contribution in [1.29, 1.82) is 0 Å². The molecule has 0 radical (unpaired) electrons. The van der Waals surface area contributed by atoms with Gasteiger partial charge >= 0.3 is 0 Å². The molecule has 0 aliphatic carbocycles. The van der Waals surface area contributed by atoms with Gasteiger partial charge in [0.15, 0.2) is 4.80 Å². The van der Waals surface area contributed by atoms with Crippen molar-refractivity contribution in [2.24, 2.45) is 4.99 Å². The van der Waals surface area contributed by atoms with Crippen LogP contribution in [-0.4, -0.2) is 42.9 Å². The molecule has 1 saturated heterocycles. The number of fused-ring (bicyclic) bond motifs is 1. The van der Waals surface area contributed by atoms with Gasteiger partial charge in [-0.25, -0.2) is 8.42 Å². The van der Waals surface area contributed by atoms with Crippen molar-refractivity contribution >= 4 is 37.5 Å². The lowest BCUT2D eigenvalue weighted by molar-refractivity contribution is 0.0997. The van der Waals surface area contributed by atoms with E-state index in [0.29, 0.717) is 35.8 Å². The summed E-state index contributed by atoms with van der Waals surface area (Å²) in [5.74, 6) is 2.82. The van der Waals surface area contributed by atoms with E-state index in [2.05, 4.69) is 10.9 Å². The van der Waals surface area contributed by atoms with E-state index in [-0.39, 0.29) is 11.4 Å². The van der Waals surface area contributed by atoms with Crippen LogP contribution in [0.15, 0.2) is 52.4 Å². The van der Waals surface area contributed by atoms with E-state index in [1.165, 1.54) is 39.9 Å². The van der Waals surface area contributed by atoms with Crippen molar-refractivity contribution in [2.45, 2.75) is 31.2 Å². The van der Waals surface area contributed by atoms with E-state index < -0.39 is 15.9 Å². The van der Waals surface area contributed by atoms with Crippen LogP contribution in [0.5, 0.6) is 5.75 Å². The third-order valence-electron chi connectivity index (χ3n) is 5.21. The number of terminal acetylenes is 1. The summed E-state index contributed by atoms with van der Waals surface area (Å²) in [5, 5.41) is 0. The molecule has 166 valence electrons.